The third kappa shape index (κ3) is 4.09. The summed E-state index contributed by atoms with van der Waals surface area (Å²) in [4.78, 5) is 13.1. The zero-order valence-electron chi connectivity index (χ0n) is 15.9. The standard InChI is InChI=1S/C24H20FN3O/c1-17(18-12-14-20(25)15-13-18)26-24(29)23-16-22(19-8-4-2-5-9-19)27-28(23)21-10-6-3-7-11-21/h2-17H,1H3,(H,26,29)/t17-/m1/s1. The van der Waals surface area contributed by atoms with Gasteiger partial charge in [-0.2, -0.15) is 5.10 Å². The zero-order chi connectivity index (χ0) is 20.2. The van der Waals surface area contributed by atoms with Crippen LogP contribution in [0.5, 0.6) is 0 Å². The van der Waals surface area contributed by atoms with E-state index in [0.29, 0.717) is 11.4 Å². The number of halogens is 1. The third-order valence-electron chi connectivity index (χ3n) is 4.73. The molecule has 0 fully saturated rings. The monoisotopic (exact) mass is 385 g/mol. The van der Waals surface area contributed by atoms with Crippen molar-refractivity contribution in [3.8, 4) is 16.9 Å². The van der Waals surface area contributed by atoms with Crippen LogP contribution < -0.4 is 5.32 Å². The van der Waals surface area contributed by atoms with Crippen LogP contribution in [-0.4, -0.2) is 15.7 Å². The lowest BCUT2D eigenvalue weighted by Gasteiger charge is -2.15. The van der Waals surface area contributed by atoms with E-state index >= 15 is 0 Å². The van der Waals surface area contributed by atoms with Gasteiger partial charge in [0, 0.05) is 5.56 Å². The number of aromatic nitrogens is 2. The molecule has 0 bridgehead atoms. The molecule has 4 nitrogen and oxygen atoms in total. The van der Waals surface area contributed by atoms with Gasteiger partial charge in [-0.15, -0.1) is 0 Å². The first-order valence-corrected chi connectivity index (χ1v) is 9.39. The highest BCUT2D eigenvalue weighted by molar-refractivity contribution is 5.94. The minimum atomic E-state index is -0.304. The van der Waals surface area contributed by atoms with Gasteiger partial charge < -0.3 is 5.32 Å². The van der Waals surface area contributed by atoms with Crippen LogP contribution in [0.25, 0.3) is 16.9 Å². The molecule has 1 N–H and O–H groups in total. The summed E-state index contributed by atoms with van der Waals surface area (Å²) in [5.41, 5.74) is 3.71. The van der Waals surface area contributed by atoms with E-state index in [1.54, 1.807) is 22.9 Å². The van der Waals surface area contributed by atoms with Crippen LogP contribution in [0.2, 0.25) is 0 Å². The van der Waals surface area contributed by atoms with Gasteiger partial charge in [-0.3, -0.25) is 4.79 Å². The van der Waals surface area contributed by atoms with Crippen molar-refractivity contribution >= 4 is 5.91 Å². The average Bonchev–Trinajstić information content (AvgIpc) is 3.21. The van der Waals surface area contributed by atoms with Gasteiger partial charge in [-0.05, 0) is 42.8 Å². The van der Waals surface area contributed by atoms with Crippen molar-refractivity contribution in [2.75, 3.05) is 0 Å². The number of hydrogen-bond acceptors (Lipinski definition) is 2. The largest absolute Gasteiger partial charge is 0.344 e. The molecule has 4 aromatic rings. The van der Waals surface area contributed by atoms with Crippen LogP contribution in [0.4, 0.5) is 4.39 Å². The number of carbonyl (C=O) groups excluding carboxylic acids is 1. The third-order valence-corrected chi connectivity index (χ3v) is 4.73. The highest BCUT2D eigenvalue weighted by Gasteiger charge is 2.19. The first-order valence-electron chi connectivity index (χ1n) is 9.39. The molecule has 0 aliphatic heterocycles. The van der Waals surface area contributed by atoms with Crippen molar-refractivity contribution in [2.24, 2.45) is 0 Å². The van der Waals surface area contributed by atoms with Gasteiger partial charge in [0.25, 0.3) is 5.91 Å². The predicted octanol–water partition coefficient (Wildman–Crippen LogP) is 5.17. The minimum absolute atomic E-state index is 0.250. The Hall–Kier alpha value is -3.73. The quantitative estimate of drug-likeness (QED) is 0.515. The maximum Gasteiger partial charge on any atom is 0.270 e. The number of nitrogens with one attached hydrogen (secondary N) is 1. The summed E-state index contributed by atoms with van der Waals surface area (Å²) in [6.07, 6.45) is 0. The maximum absolute atomic E-state index is 13.2. The number of hydrogen-bond donors (Lipinski definition) is 1. The lowest BCUT2D eigenvalue weighted by atomic mass is 10.1. The summed E-state index contributed by atoms with van der Waals surface area (Å²) in [5.74, 6) is -0.553. The molecule has 0 saturated heterocycles. The van der Waals surface area contributed by atoms with Crippen molar-refractivity contribution < 1.29 is 9.18 Å². The van der Waals surface area contributed by atoms with Crippen LogP contribution in [0.1, 0.15) is 29.0 Å². The molecule has 0 radical (unpaired) electrons. The smallest absolute Gasteiger partial charge is 0.270 e. The van der Waals surface area contributed by atoms with E-state index in [4.69, 9.17) is 0 Å². The van der Waals surface area contributed by atoms with E-state index in [-0.39, 0.29) is 17.8 Å². The van der Waals surface area contributed by atoms with Crippen LogP contribution in [0.3, 0.4) is 0 Å². The fraction of sp³-hybridized carbons (Fsp3) is 0.0833. The second kappa shape index (κ2) is 8.10. The molecule has 1 aromatic heterocycles. The molecule has 1 atom stereocenters. The molecule has 144 valence electrons. The minimum Gasteiger partial charge on any atom is -0.344 e. The second-order valence-electron chi connectivity index (χ2n) is 6.77. The number of para-hydroxylation sites is 1. The van der Waals surface area contributed by atoms with Crippen molar-refractivity contribution in [1.82, 2.24) is 15.1 Å². The van der Waals surface area contributed by atoms with Crippen LogP contribution in [-0.2, 0) is 0 Å². The Labute approximate surface area is 168 Å². The van der Waals surface area contributed by atoms with Gasteiger partial charge in [0.15, 0.2) is 0 Å². The highest BCUT2D eigenvalue weighted by atomic mass is 19.1. The number of rotatable bonds is 5. The molecule has 4 rings (SSSR count). The van der Waals surface area contributed by atoms with E-state index in [0.717, 1.165) is 16.8 Å². The molecule has 5 heteroatoms. The Bertz CT molecular complexity index is 1110. The Morgan fingerprint density at radius 3 is 2.21 bits per heavy atom. The SMILES string of the molecule is C[C@@H](NC(=O)c1cc(-c2ccccc2)nn1-c1ccccc1)c1ccc(F)cc1. The van der Waals surface area contributed by atoms with Crippen LogP contribution in [0.15, 0.2) is 91.0 Å². The van der Waals surface area contributed by atoms with E-state index < -0.39 is 0 Å². The van der Waals surface area contributed by atoms with Gasteiger partial charge in [-0.25, -0.2) is 9.07 Å². The van der Waals surface area contributed by atoms with Gasteiger partial charge >= 0.3 is 0 Å². The number of carbonyl (C=O) groups is 1. The topological polar surface area (TPSA) is 46.9 Å². The van der Waals surface area contributed by atoms with Gasteiger partial charge in [0.2, 0.25) is 0 Å². The second-order valence-corrected chi connectivity index (χ2v) is 6.77. The first kappa shape index (κ1) is 18.6. The number of amides is 1. The molecule has 0 aliphatic carbocycles. The molecule has 0 aliphatic rings. The van der Waals surface area contributed by atoms with Gasteiger partial charge in [-0.1, -0.05) is 60.7 Å². The summed E-state index contributed by atoms with van der Waals surface area (Å²) in [6.45, 7) is 1.87. The number of benzene rings is 3. The van der Waals surface area contributed by atoms with Crippen molar-refractivity contribution in [3.63, 3.8) is 0 Å². The van der Waals surface area contributed by atoms with Crippen LogP contribution in [0, 0.1) is 5.82 Å². The van der Waals surface area contributed by atoms with E-state index in [2.05, 4.69) is 10.4 Å². The summed E-state index contributed by atoms with van der Waals surface area (Å²) >= 11 is 0. The molecule has 3 aromatic carbocycles. The summed E-state index contributed by atoms with van der Waals surface area (Å²) < 4.78 is 14.8. The Morgan fingerprint density at radius 1 is 0.931 bits per heavy atom. The van der Waals surface area contributed by atoms with E-state index in [1.807, 2.05) is 67.6 Å². The molecule has 0 spiro atoms. The average molecular weight is 385 g/mol. The van der Waals surface area contributed by atoms with E-state index in [1.165, 1.54) is 12.1 Å². The van der Waals surface area contributed by atoms with Crippen molar-refractivity contribution in [1.29, 1.82) is 0 Å². The van der Waals surface area contributed by atoms with Gasteiger partial charge in [0.1, 0.15) is 11.5 Å². The lowest BCUT2D eigenvalue weighted by Crippen LogP contribution is -2.28. The molecule has 0 unspecified atom stereocenters. The Morgan fingerprint density at radius 2 is 1.55 bits per heavy atom. The first-order chi connectivity index (χ1) is 14.1. The van der Waals surface area contributed by atoms with Crippen molar-refractivity contribution in [3.05, 3.63) is 108 Å². The molecule has 29 heavy (non-hydrogen) atoms. The van der Waals surface area contributed by atoms with Crippen molar-refractivity contribution in [2.45, 2.75) is 13.0 Å². The van der Waals surface area contributed by atoms with E-state index in [9.17, 15) is 9.18 Å². The molecule has 1 heterocycles. The normalized spacial score (nSPS) is 11.8. The summed E-state index contributed by atoms with van der Waals surface area (Å²) in [6, 6.07) is 26.9. The maximum atomic E-state index is 13.2. The molecule has 0 saturated carbocycles. The summed E-state index contributed by atoms with van der Waals surface area (Å²) in [5, 5.41) is 7.65. The fourth-order valence-electron chi connectivity index (χ4n) is 3.16. The Kier molecular flexibility index (Phi) is 5.20. The highest BCUT2D eigenvalue weighted by Crippen LogP contribution is 2.22. The molecule has 1 amide bonds. The molecular formula is C24H20FN3O. The Balaban J connectivity index is 1.68. The predicted molar refractivity (Wildman–Crippen MR) is 111 cm³/mol. The lowest BCUT2D eigenvalue weighted by molar-refractivity contribution is 0.0932. The zero-order valence-corrected chi connectivity index (χ0v) is 15.9. The molecular weight excluding hydrogens is 365 g/mol. The van der Waals surface area contributed by atoms with Gasteiger partial charge in [0.05, 0.1) is 17.4 Å². The summed E-state index contributed by atoms with van der Waals surface area (Å²) in [7, 11) is 0. The van der Waals surface area contributed by atoms with Crippen LogP contribution >= 0.6 is 0 Å². The number of nitrogens with zero attached hydrogens (tertiary/aromatic N) is 2. The fourth-order valence-corrected chi connectivity index (χ4v) is 3.16.